The van der Waals surface area contributed by atoms with Gasteiger partial charge in [-0.1, -0.05) is 24.3 Å². The normalized spacial score (nSPS) is 21.5. The van der Waals surface area contributed by atoms with E-state index in [1.54, 1.807) is 7.05 Å². The Hall–Kier alpha value is -1.70. The second-order valence-electron chi connectivity index (χ2n) is 5.72. The van der Waals surface area contributed by atoms with Crippen LogP contribution in [-0.2, 0) is 29.1 Å². The topological polar surface area (TPSA) is 84.2 Å². The molecule has 0 aliphatic heterocycles. The lowest BCUT2D eigenvalue weighted by Gasteiger charge is -2.34. The molecule has 7 heteroatoms. The highest BCUT2D eigenvalue weighted by Crippen LogP contribution is 2.34. The van der Waals surface area contributed by atoms with E-state index < -0.39 is 15.6 Å². The molecule has 1 aliphatic carbocycles. The highest BCUT2D eigenvalue weighted by atomic mass is 32.2. The minimum absolute atomic E-state index is 0.0404. The van der Waals surface area contributed by atoms with E-state index in [2.05, 4.69) is 9.82 Å². The van der Waals surface area contributed by atoms with Gasteiger partial charge < -0.3 is 5.11 Å². The Kier molecular flexibility index (Phi) is 3.80. The van der Waals surface area contributed by atoms with E-state index in [0.717, 1.165) is 24.0 Å². The first-order valence-corrected chi connectivity index (χ1v) is 8.68. The molecule has 22 heavy (non-hydrogen) atoms. The summed E-state index contributed by atoms with van der Waals surface area (Å²) in [7, 11) is -2.02. The van der Waals surface area contributed by atoms with E-state index in [1.807, 2.05) is 24.3 Å². The number of aryl methyl sites for hydroxylation is 2. The maximum Gasteiger partial charge on any atom is 0.243 e. The SMILES string of the molecule is Cn1cc(S(=O)(=O)NC[C@@]2(O)CCCc3ccccc32)cn1. The molecule has 2 aromatic rings. The molecule has 0 saturated carbocycles. The fourth-order valence-electron chi connectivity index (χ4n) is 2.92. The van der Waals surface area contributed by atoms with Gasteiger partial charge in [0.25, 0.3) is 0 Å². The lowest BCUT2D eigenvalue weighted by molar-refractivity contribution is 0.0243. The molecular formula is C15H19N3O3S. The van der Waals surface area contributed by atoms with Crippen molar-refractivity contribution in [3.8, 4) is 0 Å². The van der Waals surface area contributed by atoms with E-state index in [-0.39, 0.29) is 11.4 Å². The molecule has 1 aliphatic rings. The molecule has 0 radical (unpaired) electrons. The van der Waals surface area contributed by atoms with Crippen LogP contribution in [0.3, 0.4) is 0 Å². The van der Waals surface area contributed by atoms with E-state index in [1.165, 1.54) is 17.1 Å². The van der Waals surface area contributed by atoms with Gasteiger partial charge >= 0.3 is 0 Å². The second kappa shape index (κ2) is 5.49. The van der Waals surface area contributed by atoms with E-state index in [0.29, 0.717) is 6.42 Å². The third kappa shape index (κ3) is 2.79. The minimum Gasteiger partial charge on any atom is -0.384 e. The number of benzene rings is 1. The van der Waals surface area contributed by atoms with Gasteiger partial charge in [0.2, 0.25) is 10.0 Å². The molecule has 2 N–H and O–H groups in total. The number of nitrogens with one attached hydrogen (secondary N) is 1. The van der Waals surface area contributed by atoms with Gasteiger partial charge in [0, 0.05) is 19.8 Å². The summed E-state index contributed by atoms with van der Waals surface area (Å²) in [5.74, 6) is 0. The fraction of sp³-hybridized carbons (Fsp3) is 0.400. The van der Waals surface area contributed by atoms with Crippen LogP contribution < -0.4 is 4.72 Å². The molecular weight excluding hydrogens is 302 g/mol. The van der Waals surface area contributed by atoms with Crippen LogP contribution >= 0.6 is 0 Å². The lowest BCUT2D eigenvalue weighted by Crippen LogP contribution is -2.42. The molecule has 0 unspecified atom stereocenters. The predicted molar refractivity (Wildman–Crippen MR) is 81.7 cm³/mol. The van der Waals surface area contributed by atoms with Crippen molar-refractivity contribution in [1.82, 2.24) is 14.5 Å². The summed E-state index contributed by atoms with van der Waals surface area (Å²) in [6.45, 7) is -0.0404. The van der Waals surface area contributed by atoms with Crippen LogP contribution in [0.25, 0.3) is 0 Å². The Balaban J connectivity index is 1.82. The predicted octanol–water partition coefficient (Wildman–Crippen LogP) is 0.922. The van der Waals surface area contributed by atoms with Crippen LogP contribution in [0.4, 0.5) is 0 Å². The Morgan fingerprint density at radius 3 is 2.91 bits per heavy atom. The first-order chi connectivity index (χ1) is 10.4. The summed E-state index contributed by atoms with van der Waals surface area (Å²) in [5.41, 5.74) is 0.733. The van der Waals surface area contributed by atoms with Gasteiger partial charge in [-0.15, -0.1) is 0 Å². The van der Waals surface area contributed by atoms with Gasteiger partial charge in [0.05, 0.1) is 6.20 Å². The number of aliphatic hydroxyl groups is 1. The van der Waals surface area contributed by atoms with Crippen molar-refractivity contribution >= 4 is 10.0 Å². The van der Waals surface area contributed by atoms with Crippen LogP contribution in [0.5, 0.6) is 0 Å². The molecule has 118 valence electrons. The maximum atomic E-state index is 12.3. The number of rotatable bonds is 4. The summed E-state index contributed by atoms with van der Waals surface area (Å²) in [6, 6.07) is 7.65. The van der Waals surface area contributed by atoms with Crippen molar-refractivity contribution in [2.45, 2.75) is 29.8 Å². The number of aromatic nitrogens is 2. The molecule has 3 rings (SSSR count). The molecule has 1 atom stereocenters. The Labute approximate surface area is 129 Å². The average Bonchev–Trinajstić information content (AvgIpc) is 2.94. The van der Waals surface area contributed by atoms with Crippen molar-refractivity contribution in [2.24, 2.45) is 7.05 Å². The zero-order valence-electron chi connectivity index (χ0n) is 12.4. The number of nitrogens with zero attached hydrogens (tertiary/aromatic N) is 2. The van der Waals surface area contributed by atoms with Crippen molar-refractivity contribution < 1.29 is 13.5 Å². The molecule has 0 spiro atoms. The molecule has 1 aromatic carbocycles. The smallest absolute Gasteiger partial charge is 0.243 e. The largest absolute Gasteiger partial charge is 0.384 e. The summed E-state index contributed by atoms with van der Waals surface area (Å²) >= 11 is 0. The summed E-state index contributed by atoms with van der Waals surface area (Å²) in [4.78, 5) is 0.0997. The number of hydrogen-bond acceptors (Lipinski definition) is 4. The highest BCUT2D eigenvalue weighted by Gasteiger charge is 2.35. The highest BCUT2D eigenvalue weighted by molar-refractivity contribution is 7.89. The third-order valence-electron chi connectivity index (χ3n) is 4.10. The van der Waals surface area contributed by atoms with Gasteiger partial charge in [-0.2, -0.15) is 5.10 Å². The molecule has 0 saturated heterocycles. The Bertz CT molecular complexity index is 785. The maximum absolute atomic E-state index is 12.3. The van der Waals surface area contributed by atoms with Gasteiger partial charge in [-0.25, -0.2) is 13.1 Å². The quantitative estimate of drug-likeness (QED) is 0.877. The standard InChI is InChI=1S/C15H19N3O3S/c1-18-10-13(9-16-18)22(20,21)17-11-15(19)8-4-6-12-5-2-3-7-14(12)15/h2-3,5,7,9-10,17,19H,4,6,8,11H2,1H3/t15-/m0/s1. The second-order valence-corrected chi connectivity index (χ2v) is 7.48. The molecule has 6 nitrogen and oxygen atoms in total. The van der Waals surface area contributed by atoms with E-state index in [9.17, 15) is 13.5 Å². The minimum atomic E-state index is -3.67. The van der Waals surface area contributed by atoms with Gasteiger partial charge in [-0.3, -0.25) is 4.68 Å². The Morgan fingerprint density at radius 2 is 2.18 bits per heavy atom. The van der Waals surface area contributed by atoms with Gasteiger partial charge in [0.15, 0.2) is 0 Å². The summed E-state index contributed by atoms with van der Waals surface area (Å²) < 4.78 is 28.5. The van der Waals surface area contributed by atoms with Crippen molar-refractivity contribution in [3.63, 3.8) is 0 Å². The van der Waals surface area contributed by atoms with Crippen LogP contribution in [0.2, 0.25) is 0 Å². The van der Waals surface area contributed by atoms with Gasteiger partial charge in [-0.05, 0) is 30.4 Å². The van der Waals surface area contributed by atoms with Crippen LogP contribution in [0.15, 0.2) is 41.6 Å². The van der Waals surface area contributed by atoms with E-state index in [4.69, 9.17) is 0 Å². The summed E-state index contributed by atoms with van der Waals surface area (Å²) in [5, 5.41) is 14.8. The number of sulfonamides is 1. The zero-order valence-corrected chi connectivity index (χ0v) is 13.2. The fourth-order valence-corrected chi connectivity index (χ4v) is 3.99. The van der Waals surface area contributed by atoms with Crippen LogP contribution in [0, 0.1) is 0 Å². The molecule has 0 amide bonds. The lowest BCUT2D eigenvalue weighted by atomic mass is 9.79. The van der Waals surface area contributed by atoms with Crippen LogP contribution in [-0.4, -0.2) is 29.8 Å². The first kappa shape index (κ1) is 15.2. The third-order valence-corrected chi connectivity index (χ3v) is 5.46. The zero-order chi connectivity index (χ0) is 15.8. The molecule has 1 aromatic heterocycles. The van der Waals surface area contributed by atoms with E-state index >= 15 is 0 Å². The molecule has 0 fully saturated rings. The van der Waals surface area contributed by atoms with Crippen molar-refractivity contribution in [2.75, 3.05) is 6.54 Å². The summed E-state index contributed by atoms with van der Waals surface area (Å²) in [6.07, 6.45) is 5.01. The molecule has 1 heterocycles. The first-order valence-electron chi connectivity index (χ1n) is 7.20. The molecule has 0 bridgehead atoms. The average molecular weight is 321 g/mol. The van der Waals surface area contributed by atoms with Crippen LogP contribution in [0.1, 0.15) is 24.0 Å². The number of hydrogen-bond donors (Lipinski definition) is 2. The van der Waals surface area contributed by atoms with Crippen molar-refractivity contribution in [1.29, 1.82) is 0 Å². The van der Waals surface area contributed by atoms with Gasteiger partial charge in [0.1, 0.15) is 10.5 Å². The Morgan fingerprint density at radius 1 is 1.41 bits per heavy atom. The van der Waals surface area contributed by atoms with Crippen molar-refractivity contribution in [3.05, 3.63) is 47.8 Å². The number of fused-ring (bicyclic) bond motifs is 1. The monoisotopic (exact) mass is 321 g/mol.